The summed E-state index contributed by atoms with van der Waals surface area (Å²) in [5.41, 5.74) is 1.60. The van der Waals surface area contributed by atoms with Gasteiger partial charge in [0.15, 0.2) is 0 Å². The molecular weight excluding hydrogens is 751 g/mol. The van der Waals surface area contributed by atoms with E-state index < -0.39 is 17.0 Å². The summed E-state index contributed by atoms with van der Waals surface area (Å²) in [6, 6.07) is 0. The van der Waals surface area contributed by atoms with E-state index in [9.17, 15) is 0 Å². The molecule has 2 nitrogen and oxygen atoms in total. The van der Waals surface area contributed by atoms with Gasteiger partial charge in [-0.05, 0) is 106 Å². The molecule has 5 rings (SSSR count). The van der Waals surface area contributed by atoms with E-state index in [1.54, 1.807) is 5.57 Å². The van der Waals surface area contributed by atoms with Crippen molar-refractivity contribution in [3.63, 3.8) is 0 Å². The van der Waals surface area contributed by atoms with Gasteiger partial charge in [-0.25, -0.2) is 0 Å². The number of ether oxygens (including phenoxy) is 2. The Kier molecular flexibility index (Phi) is 36.7. The summed E-state index contributed by atoms with van der Waals surface area (Å²) >= 11 is -0.556. The first-order valence-corrected chi connectivity index (χ1v) is 26.7. The van der Waals surface area contributed by atoms with Crippen molar-refractivity contribution < 1.29 is 26.5 Å². The zero-order valence-electron chi connectivity index (χ0n) is 37.0. The second-order valence-electron chi connectivity index (χ2n) is 16.9. The first-order chi connectivity index (χ1) is 25.9. The van der Waals surface area contributed by atoms with Crippen molar-refractivity contribution in [3.8, 4) is 23.7 Å². The van der Waals surface area contributed by atoms with Crippen LogP contribution in [-0.2, 0) is 26.5 Å². The number of rotatable bonds is 16. The summed E-state index contributed by atoms with van der Waals surface area (Å²) in [6.45, 7) is 13.8. The molecule has 5 heteroatoms. The predicted molar refractivity (Wildman–Crippen MR) is 242 cm³/mol. The van der Waals surface area contributed by atoms with E-state index in [-0.39, 0.29) is 27.1 Å². The number of halogens is 2. The Bertz CT molecular complexity index is 1030. The standard InChI is InChI=1S/C19H32O.C19H28O.C10H20.2CH3.2ClH.Ti/c2*1-2-7-15-19(16-8-3-1)20-17-11-5-4-6-12-18-13-9-10-14-18;1-6-7(2)9(4)10(5)8(6)3;;;;;/h18-19H,1-7,9-15,17H2;9-10,13,19H,1-7,11-12,14-15,17H2;6-10H,1-5H3;2*1H3;2*1H;/q;;;2*-1;;;+2/p-2. The van der Waals surface area contributed by atoms with Crippen molar-refractivity contribution in [2.75, 3.05) is 13.2 Å². The van der Waals surface area contributed by atoms with Gasteiger partial charge in [0.05, 0.1) is 0 Å². The van der Waals surface area contributed by atoms with Crippen LogP contribution in [0.5, 0.6) is 0 Å². The van der Waals surface area contributed by atoms with Crippen LogP contribution in [0.2, 0.25) is 0 Å². The van der Waals surface area contributed by atoms with Gasteiger partial charge in [0.2, 0.25) is 0 Å². The molecule has 318 valence electrons. The Morgan fingerprint density at radius 2 is 1.02 bits per heavy atom. The van der Waals surface area contributed by atoms with Gasteiger partial charge in [-0.2, -0.15) is 0 Å². The molecule has 5 aliphatic rings. The van der Waals surface area contributed by atoms with Crippen molar-refractivity contribution in [1.82, 2.24) is 0 Å². The maximum atomic E-state index is 5.92. The normalized spacial score (nSPS) is 27.0. The maximum absolute atomic E-state index is 5.92. The molecule has 0 aromatic heterocycles. The average molecular weight is 838 g/mol. The molecule has 2 unspecified atom stereocenters. The molecule has 0 bridgehead atoms. The number of allylic oxidation sites excluding steroid dienone is 4. The van der Waals surface area contributed by atoms with Gasteiger partial charge >= 0.3 is 35.6 Å². The number of hydrogen-bond acceptors (Lipinski definition) is 2. The summed E-state index contributed by atoms with van der Waals surface area (Å²) in [4.78, 5) is 0. The first-order valence-electron chi connectivity index (χ1n) is 22.4. The minimum absolute atomic E-state index is 0. The molecule has 0 aromatic carbocycles. The van der Waals surface area contributed by atoms with Crippen LogP contribution in [0.4, 0.5) is 0 Å². The molecule has 0 amide bonds. The van der Waals surface area contributed by atoms with E-state index in [1.165, 1.54) is 135 Å². The predicted octanol–water partition coefficient (Wildman–Crippen LogP) is 16.1. The van der Waals surface area contributed by atoms with Crippen LogP contribution in [-0.4, -0.2) is 25.4 Å². The second-order valence-corrected chi connectivity index (χ2v) is 19.5. The summed E-state index contributed by atoms with van der Waals surface area (Å²) in [7, 11) is 9.78. The Morgan fingerprint density at radius 1 is 0.582 bits per heavy atom. The fourth-order valence-corrected chi connectivity index (χ4v) is 8.72. The Hall–Kier alpha value is -0.186. The van der Waals surface area contributed by atoms with Gasteiger partial charge in [-0.1, -0.05) is 147 Å². The van der Waals surface area contributed by atoms with Gasteiger partial charge in [0.25, 0.3) is 0 Å². The van der Waals surface area contributed by atoms with Crippen LogP contribution < -0.4 is 0 Å². The molecular formula is C50H86Cl2O2Ti-2. The van der Waals surface area contributed by atoms with Crippen molar-refractivity contribution in [3.05, 3.63) is 38.7 Å². The van der Waals surface area contributed by atoms with E-state index >= 15 is 0 Å². The van der Waals surface area contributed by atoms with Crippen LogP contribution in [0.15, 0.2) is 23.8 Å². The molecule has 5 aliphatic carbocycles. The van der Waals surface area contributed by atoms with Crippen molar-refractivity contribution >= 4 is 18.6 Å². The fourth-order valence-electron chi connectivity index (χ4n) is 8.72. The molecule has 2 saturated carbocycles. The van der Waals surface area contributed by atoms with E-state index in [0.717, 1.165) is 74.4 Å². The monoisotopic (exact) mass is 837 g/mol. The van der Waals surface area contributed by atoms with Crippen LogP contribution >= 0.6 is 18.6 Å². The molecule has 0 aliphatic heterocycles. The molecule has 2 atom stereocenters. The number of hydrogen-bond donors (Lipinski definition) is 0. The van der Waals surface area contributed by atoms with Crippen LogP contribution in [0, 0.1) is 74.0 Å². The van der Waals surface area contributed by atoms with Gasteiger partial charge in [0.1, 0.15) is 12.2 Å². The molecule has 2 fully saturated rings. The van der Waals surface area contributed by atoms with Crippen molar-refractivity contribution in [2.45, 2.75) is 207 Å². The fraction of sp³-hybridized carbons (Fsp3) is 0.800. The molecule has 0 N–H and O–H groups in total. The summed E-state index contributed by atoms with van der Waals surface area (Å²) < 4.78 is 11.8. The number of unbranched alkanes of at least 4 members (excludes halogenated alkanes) is 6. The van der Waals surface area contributed by atoms with Crippen molar-refractivity contribution in [1.29, 1.82) is 0 Å². The van der Waals surface area contributed by atoms with Crippen LogP contribution in [0.3, 0.4) is 0 Å². The van der Waals surface area contributed by atoms with E-state index in [2.05, 4.69) is 76.5 Å². The molecule has 0 spiro atoms. The van der Waals surface area contributed by atoms with Crippen molar-refractivity contribution in [2.24, 2.45) is 35.5 Å². The summed E-state index contributed by atoms with van der Waals surface area (Å²) in [6.07, 6.45) is 39.8. The zero-order valence-corrected chi connectivity index (χ0v) is 40.1. The third kappa shape index (κ3) is 26.5. The topological polar surface area (TPSA) is 18.5 Å². The molecule has 55 heavy (non-hydrogen) atoms. The Balaban J connectivity index is 0.000000789. The molecule has 0 heterocycles. The average Bonchev–Trinajstić information content (AvgIpc) is 3.89. The third-order valence-electron chi connectivity index (χ3n) is 13.1. The zero-order chi connectivity index (χ0) is 38.4. The Morgan fingerprint density at radius 3 is 1.47 bits per heavy atom. The van der Waals surface area contributed by atoms with E-state index in [1.807, 2.05) is 0 Å². The van der Waals surface area contributed by atoms with E-state index in [4.69, 9.17) is 28.1 Å². The summed E-state index contributed by atoms with van der Waals surface area (Å²) in [5, 5.41) is 0. The first kappa shape index (κ1) is 54.8. The Labute approximate surface area is 361 Å². The van der Waals surface area contributed by atoms with Gasteiger partial charge in [-0.15, -0.1) is 11.8 Å². The molecule has 0 saturated heterocycles. The van der Waals surface area contributed by atoms with Gasteiger partial charge in [0, 0.05) is 26.1 Å². The second kappa shape index (κ2) is 36.9. The molecule has 0 aromatic rings. The van der Waals surface area contributed by atoms with Crippen LogP contribution in [0.25, 0.3) is 0 Å². The van der Waals surface area contributed by atoms with Gasteiger partial charge in [-0.3, -0.25) is 0 Å². The quantitative estimate of drug-likeness (QED) is 0.0667. The van der Waals surface area contributed by atoms with Gasteiger partial charge < -0.3 is 24.3 Å². The SMILES string of the molecule is C1#CC(OCCCCCCC2=CC=CC2)CCCCC1.C1#CC(OCCCCCCC2CCCC2)CCCCC1.CC1C(C)C(C)C(C)C1C.[CH3-].[CH3-].[Cl][Ti][Cl]. The third-order valence-corrected chi connectivity index (χ3v) is 13.1. The van der Waals surface area contributed by atoms with E-state index in [0.29, 0.717) is 0 Å². The minimum atomic E-state index is -0.556. The summed E-state index contributed by atoms with van der Waals surface area (Å²) in [5.74, 6) is 18.8. The van der Waals surface area contributed by atoms with Crippen LogP contribution in [0.1, 0.15) is 195 Å². The molecule has 0 radical (unpaired) electrons.